The number of thiazole rings is 1. The predicted octanol–water partition coefficient (Wildman–Crippen LogP) is 3.64. The van der Waals surface area contributed by atoms with E-state index in [2.05, 4.69) is 9.88 Å². The molecule has 0 spiro atoms. The van der Waals surface area contributed by atoms with Gasteiger partial charge in [-0.2, -0.15) is 13.2 Å². The van der Waals surface area contributed by atoms with Crippen molar-refractivity contribution in [2.24, 2.45) is 0 Å². The largest absolute Gasteiger partial charge is 0.416 e. The molecule has 0 saturated carbocycles. The van der Waals surface area contributed by atoms with Crippen molar-refractivity contribution < 1.29 is 27.6 Å². The summed E-state index contributed by atoms with van der Waals surface area (Å²) in [5, 5.41) is 2.32. The average molecular weight is 584 g/mol. The summed E-state index contributed by atoms with van der Waals surface area (Å²) in [5.74, 6) is -0.362. The third-order valence-electron chi connectivity index (χ3n) is 8.09. The number of hydrogen-bond donors (Lipinski definition) is 0. The van der Waals surface area contributed by atoms with Crippen LogP contribution in [0.3, 0.4) is 0 Å². The lowest BCUT2D eigenvalue weighted by atomic mass is 9.95. The lowest BCUT2D eigenvalue weighted by Gasteiger charge is -2.48. The maximum Gasteiger partial charge on any atom is 0.416 e. The van der Waals surface area contributed by atoms with Crippen LogP contribution < -0.4 is 0 Å². The van der Waals surface area contributed by atoms with Crippen molar-refractivity contribution in [1.29, 1.82) is 0 Å². The molecule has 4 heterocycles. The molecule has 0 bridgehead atoms. The van der Waals surface area contributed by atoms with E-state index < -0.39 is 11.7 Å². The molecule has 214 valence electrons. The minimum atomic E-state index is -4.45. The summed E-state index contributed by atoms with van der Waals surface area (Å²) in [6.45, 7) is 4.88. The van der Waals surface area contributed by atoms with E-state index in [0.29, 0.717) is 56.3 Å². The van der Waals surface area contributed by atoms with Gasteiger partial charge in [0.15, 0.2) is 5.01 Å². The van der Waals surface area contributed by atoms with Crippen LogP contribution in [0.4, 0.5) is 13.2 Å². The average Bonchev–Trinajstić information content (AvgIpc) is 3.50. The van der Waals surface area contributed by atoms with Crippen molar-refractivity contribution in [2.75, 3.05) is 45.8 Å². The first-order chi connectivity index (χ1) is 19.7. The second-order valence-electron chi connectivity index (χ2n) is 10.6. The minimum absolute atomic E-state index is 0.0232. The molecule has 3 aliphatic rings. The first-order valence-electron chi connectivity index (χ1n) is 13.5. The highest BCUT2D eigenvalue weighted by Gasteiger charge is 2.37. The maximum atomic E-state index is 13.2. The van der Waals surface area contributed by atoms with Crippen LogP contribution in [0, 0.1) is 0 Å². The highest BCUT2D eigenvalue weighted by Crippen LogP contribution is 2.30. The fraction of sp³-hybridized carbons (Fsp3) is 0.379. The van der Waals surface area contributed by atoms with E-state index in [1.54, 1.807) is 22.5 Å². The molecular formula is C29H28F3N5O3S. The van der Waals surface area contributed by atoms with E-state index in [-0.39, 0.29) is 29.3 Å². The number of alkyl halides is 3. The minimum Gasteiger partial charge on any atom is -0.335 e. The number of nitrogens with zero attached hydrogens (tertiary/aromatic N) is 5. The van der Waals surface area contributed by atoms with Gasteiger partial charge in [-0.15, -0.1) is 11.3 Å². The van der Waals surface area contributed by atoms with E-state index in [1.165, 1.54) is 23.5 Å². The van der Waals surface area contributed by atoms with Crippen molar-refractivity contribution in [3.8, 4) is 0 Å². The number of aromatic nitrogens is 1. The van der Waals surface area contributed by atoms with E-state index in [1.807, 2.05) is 21.9 Å². The van der Waals surface area contributed by atoms with Gasteiger partial charge < -0.3 is 14.7 Å². The molecule has 6 rings (SSSR count). The van der Waals surface area contributed by atoms with Gasteiger partial charge in [-0.05, 0) is 53.9 Å². The van der Waals surface area contributed by atoms with Crippen LogP contribution in [-0.4, -0.2) is 94.2 Å². The smallest absolute Gasteiger partial charge is 0.335 e. The highest BCUT2D eigenvalue weighted by molar-refractivity contribution is 7.11. The molecule has 0 atom stereocenters. The lowest BCUT2D eigenvalue weighted by Crippen LogP contribution is -2.64. The molecular weight excluding hydrogens is 555 g/mol. The Hall–Kier alpha value is -3.77. The highest BCUT2D eigenvalue weighted by atomic mass is 32.1. The number of carbonyl (C=O) groups excluding carboxylic acids is 3. The Bertz CT molecular complexity index is 1450. The van der Waals surface area contributed by atoms with Crippen molar-refractivity contribution in [3.05, 3.63) is 86.9 Å². The van der Waals surface area contributed by atoms with Crippen LogP contribution in [0.2, 0.25) is 0 Å². The van der Waals surface area contributed by atoms with Gasteiger partial charge in [0.2, 0.25) is 0 Å². The van der Waals surface area contributed by atoms with Crippen LogP contribution >= 0.6 is 11.3 Å². The van der Waals surface area contributed by atoms with Crippen molar-refractivity contribution >= 4 is 29.1 Å². The summed E-state index contributed by atoms with van der Waals surface area (Å²) in [5.41, 5.74) is 1.98. The summed E-state index contributed by atoms with van der Waals surface area (Å²) in [7, 11) is 0. The molecule has 3 amide bonds. The summed E-state index contributed by atoms with van der Waals surface area (Å²) in [4.78, 5) is 50.4. The molecule has 0 aliphatic carbocycles. The Morgan fingerprint density at radius 3 is 2.12 bits per heavy atom. The molecule has 3 aliphatic heterocycles. The number of likely N-dealkylation sites (tertiary alicyclic amines) is 1. The van der Waals surface area contributed by atoms with E-state index in [9.17, 15) is 27.6 Å². The van der Waals surface area contributed by atoms with Crippen LogP contribution in [-0.2, 0) is 19.1 Å². The Labute approximate surface area is 239 Å². The molecule has 41 heavy (non-hydrogen) atoms. The molecule has 1 aromatic heterocycles. The quantitative estimate of drug-likeness (QED) is 0.469. The fourth-order valence-corrected chi connectivity index (χ4v) is 6.24. The summed E-state index contributed by atoms with van der Waals surface area (Å²) in [6, 6.07) is 10.1. The molecule has 12 heteroatoms. The predicted molar refractivity (Wildman–Crippen MR) is 146 cm³/mol. The van der Waals surface area contributed by atoms with Crippen molar-refractivity contribution in [3.63, 3.8) is 0 Å². The van der Waals surface area contributed by atoms with Crippen LogP contribution in [0.1, 0.15) is 47.2 Å². The first kappa shape index (κ1) is 27.4. The normalized spacial score (nSPS) is 18.2. The van der Waals surface area contributed by atoms with Gasteiger partial charge in [0, 0.05) is 81.1 Å². The Kier molecular flexibility index (Phi) is 7.28. The van der Waals surface area contributed by atoms with Gasteiger partial charge in [-0.3, -0.25) is 19.3 Å². The van der Waals surface area contributed by atoms with Gasteiger partial charge in [0.25, 0.3) is 17.7 Å². The lowest BCUT2D eigenvalue weighted by molar-refractivity contribution is -0.137. The number of rotatable bonds is 4. The van der Waals surface area contributed by atoms with Crippen molar-refractivity contribution in [1.82, 2.24) is 24.6 Å². The fourth-order valence-electron chi connectivity index (χ4n) is 5.63. The monoisotopic (exact) mass is 583 g/mol. The third kappa shape index (κ3) is 5.58. The number of halogens is 3. The summed E-state index contributed by atoms with van der Waals surface area (Å²) in [6.07, 6.45) is -2.24. The first-order valence-corrected chi connectivity index (χ1v) is 14.4. The topological polar surface area (TPSA) is 77.1 Å². The van der Waals surface area contributed by atoms with Gasteiger partial charge in [-0.25, -0.2) is 4.98 Å². The zero-order chi connectivity index (χ0) is 28.7. The van der Waals surface area contributed by atoms with Crippen LogP contribution in [0.15, 0.2) is 54.0 Å². The number of benzene rings is 2. The summed E-state index contributed by atoms with van der Waals surface area (Å²) >= 11 is 1.35. The van der Waals surface area contributed by atoms with E-state index in [0.717, 1.165) is 36.3 Å². The second kappa shape index (κ2) is 10.9. The molecule has 0 N–H and O–H groups in total. The number of amides is 3. The third-order valence-corrected chi connectivity index (χ3v) is 8.86. The molecule has 2 fully saturated rings. The maximum absolute atomic E-state index is 13.2. The zero-order valence-electron chi connectivity index (χ0n) is 22.1. The van der Waals surface area contributed by atoms with E-state index >= 15 is 0 Å². The second-order valence-corrected chi connectivity index (χ2v) is 11.5. The molecule has 2 saturated heterocycles. The standard InChI is InChI=1S/C29H28F3N5O3S/c30-29(31,32)23-5-3-19(4-6-23)26(38)36-9-7-20-15-21(1-2-22(20)16-36)27(39)37-17-24(18-37)34-10-12-35(13-11-34)28(40)25-33-8-14-41-25/h1-6,8,14-15,24H,7,9-13,16-18H2. The van der Waals surface area contributed by atoms with Gasteiger partial charge in [0.05, 0.1) is 5.56 Å². The van der Waals surface area contributed by atoms with Crippen LogP contribution in [0.25, 0.3) is 0 Å². The Morgan fingerprint density at radius 1 is 0.780 bits per heavy atom. The van der Waals surface area contributed by atoms with Gasteiger partial charge in [-0.1, -0.05) is 6.07 Å². The molecule has 8 nitrogen and oxygen atoms in total. The number of carbonyl (C=O) groups is 3. The number of hydrogen-bond acceptors (Lipinski definition) is 6. The molecule has 0 unspecified atom stereocenters. The summed E-state index contributed by atoms with van der Waals surface area (Å²) < 4.78 is 38.6. The zero-order valence-corrected chi connectivity index (χ0v) is 23.0. The van der Waals surface area contributed by atoms with Crippen molar-refractivity contribution in [2.45, 2.75) is 25.2 Å². The number of fused-ring (bicyclic) bond motifs is 1. The molecule has 2 aromatic carbocycles. The SMILES string of the molecule is O=C(c1ccc(C(F)(F)F)cc1)N1CCc2cc(C(=O)N3CC(N4CCN(C(=O)c5nccs5)CC4)C3)ccc2C1. The van der Waals surface area contributed by atoms with Gasteiger partial charge in [0.1, 0.15) is 0 Å². The van der Waals surface area contributed by atoms with Crippen LogP contribution in [0.5, 0.6) is 0 Å². The molecule has 0 radical (unpaired) electrons. The van der Waals surface area contributed by atoms with Gasteiger partial charge >= 0.3 is 6.18 Å². The molecule has 3 aromatic rings. The number of piperazine rings is 1. The van der Waals surface area contributed by atoms with E-state index in [4.69, 9.17) is 0 Å². The Balaban J connectivity index is 1.01. The Morgan fingerprint density at radius 2 is 1.46 bits per heavy atom.